The average molecular weight is 211 g/mol. The lowest BCUT2D eigenvalue weighted by molar-refractivity contribution is 0.670. The molecule has 1 aromatic heterocycles. The summed E-state index contributed by atoms with van der Waals surface area (Å²) in [4.78, 5) is 0. The van der Waals surface area contributed by atoms with Crippen LogP contribution in [0.5, 0.6) is 0 Å². The highest BCUT2D eigenvalue weighted by Gasteiger charge is 2.04. The van der Waals surface area contributed by atoms with Gasteiger partial charge in [0.25, 0.3) is 0 Å². The second-order valence-electron chi connectivity index (χ2n) is 3.93. The summed E-state index contributed by atoms with van der Waals surface area (Å²) in [6, 6.07) is 12.2. The van der Waals surface area contributed by atoms with Crippen molar-refractivity contribution >= 4 is 0 Å². The van der Waals surface area contributed by atoms with Gasteiger partial charge in [-0.3, -0.25) is 4.68 Å². The van der Waals surface area contributed by atoms with Gasteiger partial charge in [0.15, 0.2) is 0 Å². The fourth-order valence-corrected chi connectivity index (χ4v) is 1.62. The highest BCUT2D eigenvalue weighted by Crippen LogP contribution is 2.08. The molecule has 1 aromatic carbocycles. The fourth-order valence-electron chi connectivity index (χ4n) is 1.62. The normalized spacial score (nSPS) is 10.1. The van der Waals surface area contributed by atoms with Crippen LogP contribution < -0.4 is 0 Å². The highest BCUT2D eigenvalue weighted by molar-refractivity contribution is 5.26. The van der Waals surface area contributed by atoms with E-state index < -0.39 is 0 Å². The summed E-state index contributed by atoms with van der Waals surface area (Å²) in [5.41, 5.74) is 3.88. The molecule has 0 unspecified atom stereocenters. The Kier molecular flexibility index (Phi) is 2.74. The van der Waals surface area contributed by atoms with Crippen LogP contribution in [0.1, 0.15) is 22.5 Å². The summed E-state index contributed by atoms with van der Waals surface area (Å²) in [6.45, 7) is 4.60. The predicted molar refractivity (Wildman–Crippen MR) is 62.0 cm³/mol. The third-order valence-electron chi connectivity index (χ3n) is 2.47. The molecule has 2 rings (SSSR count). The van der Waals surface area contributed by atoms with Crippen molar-refractivity contribution in [1.29, 1.82) is 5.26 Å². The van der Waals surface area contributed by atoms with E-state index in [1.54, 1.807) is 10.7 Å². The molecule has 0 aliphatic carbocycles. The van der Waals surface area contributed by atoms with Crippen molar-refractivity contribution in [3.8, 4) is 6.07 Å². The predicted octanol–water partition coefficient (Wildman–Crippen LogP) is 2.42. The standard InChI is InChI=1S/C13H13N3/c1-10-3-5-12(6-4-10)9-16-13(8-14)7-11(2)15-16/h3-7H,9H2,1-2H3. The quantitative estimate of drug-likeness (QED) is 0.765. The van der Waals surface area contributed by atoms with E-state index in [4.69, 9.17) is 5.26 Å². The van der Waals surface area contributed by atoms with E-state index in [-0.39, 0.29) is 0 Å². The van der Waals surface area contributed by atoms with Crippen molar-refractivity contribution in [3.63, 3.8) is 0 Å². The molecule has 3 heteroatoms. The zero-order chi connectivity index (χ0) is 11.5. The molecule has 0 radical (unpaired) electrons. The largest absolute Gasteiger partial charge is 0.250 e. The van der Waals surface area contributed by atoms with Gasteiger partial charge in [-0.1, -0.05) is 29.8 Å². The van der Waals surface area contributed by atoms with E-state index in [1.807, 2.05) is 6.92 Å². The first-order valence-electron chi connectivity index (χ1n) is 5.19. The Morgan fingerprint density at radius 2 is 1.94 bits per heavy atom. The first-order valence-corrected chi connectivity index (χ1v) is 5.19. The topological polar surface area (TPSA) is 41.6 Å². The second kappa shape index (κ2) is 4.19. The van der Waals surface area contributed by atoms with Gasteiger partial charge in [-0.15, -0.1) is 0 Å². The van der Waals surface area contributed by atoms with Crippen LogP contribution >= 0.6 is 0 Å². The zero-order valence-corrected chi connectivity index (χ0v) is 9.44. The van der Waals surface area contributed by atoms with Crippen molar-refractivity contribution in [2.75, 3.05) is 0 Å². The van der Waals surface area contributed by atoms with E-state index in [1.165, 1.54) is 5.56 Å². The third kappa shape index (κ3) is 2.12. The molecule has 80 valence electrons. The van der Waals surface area contributed by atoms with Gasteiger partial charge in [0.2, 0.25) is 0 Å². The highest BCUT2D eigenvalue weighted by atomic mass is 15.3. The summed E-state index contributed by atoms with van der Waals surface area (Å²) in [6.07, 6.45) is 0. The molecule has 16 heavy (non-hydrogen) atoms. The molecule has 0 spiro atoms. The molecular formula is C13H13N3. The van der Waals surface area contributed by atoms with E-state index in [9.17, 15) is 0 Å². The Morgan fingerprint density at radius 1 is 1.25 bits per heavy atom. The van der Waals surface area contributed by atoms with Crippen LogP contribution in [0.3, 0.4) is 0 Å². The molecule has 2 aromatic rings. The summed E-state index contributed by atoms with van der Waals surface area (Å²) < 4.78 is 1.74. The van der Waals surface area contributed by atoms with Gasteiger partial charge < -0.3 is 0 Å². The number of hydrogen-bond acceptors (Lipinski definition) is 2. The van der Waals surface area contributed by atoms with Crippen LogP contribution in [0.25, 0.3) is 0 Å². The first kappa shape index (κ1) is 10.4. The molecular weight excluding hydrogens is 198 g/mol. The van der Waals surface area contributed by atoms with Gasteiger partial charge in [0.05, 0.1) is 12.2 Å². The molecule has 0 amide bonds. The fraction of sp³-hybridized carbons (Fsp3) is 0.231. The summed E-state index contributed by atoms with van der Waals surface area (Å²) in [5, 5.41) is 13.2. The van der Waals surface area contributed by atoms with E-state index in [0.29, 0.717) is 12.2 Å². The minimum absolute atomic E-state index is 0.609. The van der Waals surface area contributed by atoms with Crippen molar-refractivity contribution in [2.24, 2.45) is 0 Å². The number of hydrogen-bond donors (Lipinski definition) is 0. The number of aryl methyl sites for hydroxylation is 2. The van der Waals surface area contributed by atoms with Crippen molar-refractivity contribution in [3.05, 3.63) is 52.8 Å². The Balaban J connectivity index is 2.27. The van der Waals surface area contributed by atoms with Crippen LogP contribution in [0.4, 0.5) is 0 Å². The van der Waals surface area contributed by atoms with Gasteiger partial charge in [-0.25, -0.2) is 0 Å². The maximum absolute atomic E-state index is 8.94. The number of nitrogens with zero attached hydrogens (tertiary/aromatic N) is 3. The molecule has 0 saturated carbocycles. The Bertz CT molecular complexity index is 529. The molecule has 0 N–H and O–H groups in total. The lowest BCUT2D eigenvalue weighted by atomic mass is 10.1. The number of rotatable bonds is 2. The van der Waals surface area contributed by atoms with Crippen LogP contribution in [0, 0.1) is 25.2 Å². The van der Waals surface area contributed by atoms with Crippen LogP contribution in [-0.2, 0) is 6.54 Å². The molecule has 3 nitrogen and oxygen atoms in total. The summed E-state index contributed by atoms with van der Waals surface area (Å²) >= 11 is 0. The molecule has 0 aliphatic heterocycles. The number of benzene rings is 1. The minimum Gasteiger partial charge on any atom is -0.250 e. The van der Waals surface area contributed by atoms with Gasteiger partial charge in [0.1, 0.15) is 11.8 Å². The maximum Gasteiger partial charge on any atom is 0.139 e. The monoisotopic (exact) mass is 211 g/mol. The van der Waals surface area contributed by atoms with Gasteiger partial charge >= 0.3 is 0 Å². The van der Waals surface area contributed by atoms with Crippen molar-refractivity contribution in [1.82, 2.24) is 9.78 Å². The molecule has 0 aliphatic rings. The SMILES string of the molecule is Cc1ccc(Cn2nc(C)cc2C#N)cc1. The Hall–Kier alpha value is -2.08. The lowest BCUT2D eigenvalue weighted by Crippen LogP contribution is -2.04. The van der Waals surface area contributed by atoms with Gasteiger partial charge in [-0.05, 0) is 25.5 Å². The van der Waals surface area contributed by atoms with Crippen molar-refractivity contribution in [2.45, 2.75) is 20.4 Å². The number of nitriles is 1. The van der Waals surface area contributed by atoms with E-state index in [0.717, 1.165) is 11.3 Å². The average Bonchev–Trinajstić information content (AvgIpc) is 2.62. The smallest absolute Gasteiger partial charge is 0.139 e. The molecule has 0 saturated heterocycles. The Morgan fingerprint density at radius 3 is 2.56 bits per heavy atom. The lowest BCUT2D eigenvalue weighted by Gasteiger charge is -2.03. The van der Waals surface area contributed by atoms with Crippen molar-refractivity contribution < 1.29 is 0 Å². The molecule has 1 heterocycles. The second-order valence-corrected chi connectivity index (χ2v) is 3.93. The first-order chi connectivity index (χ1) is 7.69. The van der Waals surface area contributed by atoms with E-state index in [2.05, 4.69) is 42.4 Å². The third-order valence-corrected chi connectivity index (χ3v) is 2.47. The van der Waals surface area contributed by atoms with Gasteiger partial charge in [-0.2, -0.15) is 10.4 Å². The molecule has 0 fully saturated rings. The summed E-state index contributed by atoms with van der Waals surface area (Å²) in [5.74, 6) is 0. The van der Waals surface area contributed by atoms with Gasteiger partial charge in [0, 0.05) is 0 Å². The van der Waals surface area contributed by atoms with Crippen LogP contribution in [0.15, 0.2) is 30.3 Å². The zero-order valence-electron chi connectivity index (χ0n) is 9.44. The molecule has 0 bridgehead atoms. The van der Waals surface area contributed by atoms with E-state index >= 15 is 0 Å². The minimum atomic E-state index is 0.609. The van der Waals surface area contributed by atoms with Crippen LogP contribution in [0.2, 0.25) is 0 Å². The molecule has 0 atom stereocenters. The Labute approximate surface area is 94.9 Å². The van der Waals surface area contributed by atoms with Crippen LogP contribution in [-0.4, -0.2) is 9.78 Å². The number of aromatic nitrogens is 2. The maximum atomic E-state index is 8.94. The summed E-state index contributed by atoms with van der Waals surface area (Å²) in [7, 11) is 0.